The van der Waals surface area contributed by atoms with E-state index >= 15 is 0 Å². The van der Waals surface area contributed by atoms with Crippen LogP contribution in [0.15, 0.2) is 12.7 Å². The molecule has 4 nitrogen and oxygen atoms in total. The summed E-state index contributed by atoms with van der Waals surface area (Å²) in [5.41, 5.74) is 0. The summed E-state index contributed by atoms with van der Waals surface area (Å²) in [5, 5.41) is 7.60. The molecule has 13 heavy (non-hydrogen) atoms. The lowest BCUT2D eigenvalue weighted by Crippen LogP contribution is -2.23. The van der Waals surface area contributed by atoms with Crippen molar-refractivity contribution in [3.63, 3.8) is 0 Å². The van der Waals surface area contributed by atoms with Crippen LogP contribution in [0.5, 0.6) is 0 Å². The Balaban J connectivity index is 0.000000252. The van der Waals surface area contributed by atoms with Gasteiger partial charge >= 0.3 is 5.97 Å². The van der Waals surface area contributed by atoms with Gasteiger partial charge in [0.05, 0.1) is 0 Å². The molecule has 4 heteroatoms. The Morgan fingerprint density at radius 3 is 2.46 bits per heavy atom. The third-order valence-electron chi connectivity index (χ3n) is 1.73. The van der Waals surface area contributed by atoms with E-state index < -0.39 is 5.97 Å². The van der Waals surface area contributed by atoms with Gasteiger partial charge < -0.3 is 10.0 Å². The van der Waals surface area contributed by atoms with Crippen molar-refractivity contribution in [3.8, 4) is 0 Å². The highest BCUT2D eigenvalue weighted by atomic mass is 16.4. The van der Waals surface area contributed by atoms with Crippen LogP contribution in [0.2, 0.25) is 0 Å². The largest absolute Gasteiger partial charge is 0.478 e. The van der Waals surface area contributed by atoms with Crippen LogP contribution in [0.25, 0.3) is 0 Å². The van der Waals surface area contributed by atoms with Crippen LogP contribution in [-0.2, 0) is 9.59 Å². The first kappa shape index (κ1) is 11.7. The molecule has 1 aliphatic rings. The number of rotatable bonds is 2. The fourth-order valence-electron chi connectivity index (χ4n) is 1.04. The Kier molecular flexibility index (Phi) is 5.59. The maximum Gasteiger partial charge on any atom is 0.327 e. The second-order valence-electron chi connectivity index (χ2n) is 2.62. The van der Waals surface area contributed by atoms with Gasteiger partial charge in [0, 0.05) is 25.6 Å². The monoisotopic (exact) mass is 185 g/mol. The number of carboxylic acid groups (broad SMARTS) is 1. The molecule has 0 spiro atoms. The van der Waals surface area contributed by atoms with E-state index in [1.807, 2.05) is 11.8 Å². The lowest BCUT2D eigenvalue weighted by atomic mass is 10.4. The molecule has 0 aliphatic carbocycles. The van der Waals surface area contributed by atoms with Crippen molar-refractivity contribution < 1.29 is 14.7 Å². The van der Waals surface area contributed by atoms with Crippen molar-refractivity contribution in [2.45, 2.75) is 19.8 Å². The van der Waals surface area contributed by atoms with Crippen LogP contribution >= 0.6 is 0 Å². The zero-order valence-corrected chi connectivity index (χ0v) is 7.82. The standard InChI is InChI=1S/C6H11NO.C3H4O2/c1-2-7-5-3-4-6(7)8;1-2-3(4)5/h2-5H2,1H3;2H,1H2,(H,4,5). The van der Waals surface area contributed by atoms with Crippen LogP contribution < -0.4 is 0 Å². The minimum absolute atomic E-state index is 0.326. The van der Waals surface area contributed by atoms with Gasteiger partial charge in [-0.3, -0.25) is 4.79 Å². The number of likely N-dealkylation sites (tertiary alicyclic amines) is 1. The highest BCUT2D eigenvalue weighted by Crippen LogP contribution is 2.07. The summed E-state index contributed by atoms with van der Waals surface area (Å²) in [7, 11) is 0. The molecule has 1 amide bonds. The van der Waals surface area contributed by atoms with Crippen molar-refractivity contribution in [2.75, 3.05) is 13.1 Å². The molecule has 1 rings (SSSR count). The summed E-state index contributed by atoms with van der Waals surface area (Å²) in [4.78, 5) is 21.9. The molecule has 1 aliphatic heterocycles. The summed E-state index contributed by atoms with van der Waals surface area (Å²) in [6.45, 7) is 6.85. The number of hydrogen-bond acceptors (Lipinski definition) is 2. The second kappa shape index (κ2) is 6.22. The van der Waals surface area contributed by atoms with Crippen molar-refractivity contribution in [1.82, 2.24) is 4.90 Å². The molecule has 0 atom stereocenters. The molecule has 1 saturated heterocycles. The third-order valence-corrected chi connectivity index (χ3v) is 1.73. The first-order valence-electron chi connectivity index (χ1n) is 4.25. The number of carbonyl (C=O) groups is 2. The Morgan fingerprint density at radius 2 is 2.31 bits per heavy atom. The van der Waals surface area contributed by atoms with E-state index in [-0.39, 0.29) is 0 Å². The van der Waals surface area contributed by atoms with Gasteiger partial charge in [0.1, 0.15) is 0 Å². The van der Waals surface area contributed by atoms with Crippen molar-refractivity contribution in [3.05, 3.63) is 12.7 Å². The molecule has 0 radical (unpaired) electrons. The number of hydrogen-bond donors (Lipinski definition) is 1. The quantitative estimate of drug-likeness (QED) is 0.650. The van der Waals surface area contributed by atoms with E-state index in [9.17, 15) is 9.59 Å². The average molecular weight is 185 g/mol. The topological polar surface area (TPSA) is 57.6 Å². The maximum absolute atomic E-state index is 10.7. The average Bonchev–Trinajstić information content (AvgIpc) is 2.52. The Hall–Kier alpha value is -1.32. The summed E-state index contributed by atoms with van der Waals surface area (Å²) >= 11 is 0. The number of aliphatic carboxylic acids is 1. The summed E-state index contributed by atoms with van der Waals surface area (Å²) in [6, 6.07) is 0. The summed E-state index contributed by atoms with van der Waals surface area (Å²) in [5.74, 6) is -0.655. The van der Waals surface area contributed by atoms with Gasteiger partial charge in [0.25, 0.3) is 0 Å². The molecule has 1 N–H and O–H groups in total. The second-order valence-corrected chi connectivity index (χ2v) is 2.62. The van der Waals surface area contributed by atoms with E-state index in [2.05, 4.69) is 6.58 Å². The van der Waals surface area contributed by atoms with Gasteiger partial charge in [-0.25, -0.2) is 4.79 Å². The van der Waals surface area contributed by atoms with E-state index in [4.69, 9.17) is 5.11 Å². The van der Waals surface area contributed by atoms with E-state index in [1.165, 1.54) is 0 Å². The predicted octanol–water partition coefficient (Wildman–Crippen LogP) is 0.886. The Morgan fingerprint density at radius 1 is 1.77 bits per heavy atom. The number of nitrogens with zero attached hydrogens (tertiary/aromatic N) is 1. The van der Waals surface area contributed by atoms with Gasteiger partial charge in [-0.2, -0.15) is 0 Å². The zero-order valence-electron chi connectivity index (χ0n) is 7.82. The van der Waals surface area contributed by atoms with Crippen molar-refractivity contribution >= 4 is 11.9 Å². The molecular weight excluding hydrogens is 170 g/mol. The minimum atomic E-state index is -0.981. The van der Waals surface area contributed by atoms with Crippen LogP contribution in [-0.4, -0.2) is 35.0 Å². The fourth-order valence-corrected chi connectivity index (χ4v) is 1.04. The van der Waals surface area contributed by atoms with E-state index in [1.54, 1.807) is 0 Å². The van der Waals surface area contributed by atoms with Gasteiger partial charge in [-0.05, 0) is 13.3 Å². The SMILES string of the molecule is C=CC(=O)O.CCN1CCCC1=O. The lowest BCUT2D eigenvalue weighted by Gasteiger charge is -2.10. The van der Waals surface area contributed by atoms with Crippen LogP contribution in [0.1, 0.15) is 19.8 Å². The zero-order chi connectivity index (χ0) is 10.3. The molecule has 0 saturated carbocycles. The first-order chi connectivity index (χ1) is 6.11. The normalized spacial score (nSPS) is 14.8. The fraction of sp³-hybridized carbons (Fsp3) is 0.556. The maximum atomic E-state index is 10.7. The number of amides is 1. The minimum Gasteiger partial charge on any atom is -0.478 e. The first-order valence-corrected chi connectivity index (χ1v) is 4.25. The van der Waals surface area contributed by atoms with Gasteiger partial charge in [0.15, 0.2) is 0 Å². The summed E-state index contributed by atoms with van der Waals surface area (Å²) in [6.07, 6.45) is 2.67. The van der Waals surface area contributed by atoms with E-state index in [0.29, 0.717) is 5.91 Å². The highest BCUT2D eigenvalue weighted by molar-refractivity contribution is 5.78. The Bertz CT molecular complexity index is 201. The summed E-state index contributed by atoms with van der Waals surface area (Å²) < 4.78 is 0. The van der Waals surface area contributed by atoms with Crippen LogP contribution in [0, 0.1) is 0 Å². The lowest BCUT2D eigenvalue weighted by molar-refractivity contribution is -0.131. The highest BCUT2D eigenvalue weighted by Gasteiger charge is 2.16. The number of carbonyl (C=O) groups excluding carboxylic acids is 1. The molecule has 0 bridgehead atoms. The van der Waals surface area contributed by atoms with E-state index in [0.717, 1.165) is 32.0 Å². The smallest absolute Gasteiger partial charge is 0.327 e. The molecular formula is C9H15NO3. The predicted molar refractivity (Wildman–Crippen MR) is 49.3 cm³/mol. The van der Waals surface area contributed by atoms with Crippen LogP contribution in [0.4, 0.5) is 0 Å². The molecule has 1 heterocycles. The van der Waals surface area contributed by atoms with Crippen molar-refractivity contribution in [1.29, 1.82) is 0 Å². The molecule has 0 aromatic heterocycles. The van der Waals surface area contributed by atoms with Gasteiger partial charge in [-0.1, -0.05) is 6.58 Å². The van der Waals surface area contributed by atoms with Gasteiger partial charge in [-0.15, -0.1) is 0 Å². The number of carboxylic acids is 1. The van der Waals surface area contributed by atoms with Crippen molar-refractivity contribution in [2.24, 2.45) is 0 Å². The molecule has 74 valence electrons. The Labute approximate surface area is 77.8 Å². The van der Waals surface area contributed by atoms with Gasteiger partial charge in [0.2, 0.25) is 5.91 Å². The van der Waals surface area contributed by atoms with Crippen LogP contribution in [0.3, 0.4) is 0 Å². The third kappa shape index (κ3) is 5.00. The molecule has 0 unspecified atom stereocenters. The molecule has 0 aromatic carbocycles. The molecule has 0 aromatic rings. The molecule has 1 fully saturated rings.